The molecular weight excluding hydrogens is 216 g/mol. The molecule has 0 amide bonds. The highest BCUT2D eigenvalue weighted by atomic mass is 14.4. The molecule has 3 atom stereocenters. The van der Waals surface area contributed by atoms with E-state index in [2.05, 4.69) is 59.4 Å². The minimum absolute atomic E-state index is 0.401. The monoisotopic (exact) mass is 248 g/mol. The average Bonchev–Trinajstić information content (AvgIpc) is 2.29. The number of rotatable bonds is 6. The van der Waals surface area contributed by atoms with Crippen LogP contribution in [0, 0.1) is 22.7 Å². The summed E-state index contributed by atoms with van der Waals surface area (Å²) in [6.07, 6.45) is 13.4. The summed E-state index contributed by atoms with van der Waals surface area (Å²) in [5, 5.41) is 0. The maximum Gasteiger partial charge on any atom is -0.0139 e. The Bertz CT molecular complexity index is 297. The smallest absolute Gasteiger partial charge is 0.0139 e. The van der Waals surface area contributed by atoms with Crippen molar-refractivity contribution < 1.29 is 0 Å². The third-order valence-corrected chi connectivity index (χ3v) is 4.99. The molecule has 0 aromatic rings. The summed E-state index contributed by atoms with van der Waals surface area (Å²) >= 11 is 0. The molecule has 0 aliphatic heterocycles. The molecule has 3 unspecified atom stereocenters. The molecule has 0 nitrogen and oxygen atoms in total. The van der Waals surface area contributed by atoms with Gasteiger partial charge in [-0.1, -0.05) is 59.3 Å². The van der Waals surface area contributed by atoms with E-state index in [0.29, 0.717) is 16.7 Å². The van der Waals surface area contributed by atoms with Crippen molar-refractivity contribution in [1.29, 1.82) is 0 Å². The first-order valence-corrected chi connectivity index (χ1v) is 7.63. The fraction of sp³-hybridized carbons (Fsp3) is 0.778. The van der Waals surface area contributed by atoms with Crippen LogP contribution in [-0.2, 0) is 0 Å². The first-order chi connectivity index (χ1) is 8.33. The summed E-state index contributed by atoms with van der Waals surface area (Å²) in [6.45, 7) is 15.8. The van der Waals surface area contributed by atoms with E-state index < -0.39 is 0 Å². The van der Waals surface area contributed by atoms with Gasteiger partial charge in [-0.2, -0.15) is 0 Å². The fourth-order valence-electron chi connectivity index (χ4n) is 3.50. The maximum atomic E-state index is 3.85. The molecule has 0 aromatic heterocycles. The first kappa shape index (κ1) is 15.5. The third kappa shape index (κ3) is 4.00. The number of hydrogen-bond acceptors (Lipinski definition) is 0. The average molecular weight is 248 g/mol. The molecule has 0 aromatic carbocycles. The molecule has 0 bridgehead atoms. The molecule has 0 saturated heterocycles. The summed E-state index contributed by atoms with van der Waals surface area (Å²) in [7, 11) is 0. The molecular formula is C18H32. The SMILES string of the molecule is C=CCCC(CC)CC1(C)C=CC(C)C(C)(C)C1. The van der Waals surface area contributed by atoms with E-state index in [9.17, 15) is 0 Å². The largest absolute Gasteiger partial charge is 0.103 e. The molecule has 1 aliphatic rings. The van der Waals surface area contributed by atoms with Crippen molar-refractivity contribution in [2.75, 3.05) is 0 Å². The van der Waals surface area contributed by atoms with Gasteiger partial charge in [-0.15, -0.1) is 6.58 Å². The van der Waals surface area contributed by atoms with E-state index >= 15 is 0 Å². The Morgan fingerprint density at radius 1 is 1.39 bits per heavy atom. The Kier molecular flexibility index (Phi) is 5.25. The van der Waals surface area contributed by atoms with Gasteiger partial charge < -0.3 is 0 Å². The molecule has 0 N–H and O–H groups in total. The molecule has 0 heteroatoms. The zero-order valence-corrected chi connectivity index (χ0v) is 13.1. The van der Waals surface area contributed by atoms with E-state index in [4.69, 9.17) is 0 Å². The summed E-state index contributed by atoms with van der Waals surface area (Å²) < 4.78 is 0. The second kappa shape index (κ2) is 6.08. The van der Waals surface area contributed by atoms with E-state index in [1.165, 1.54) is 25.7 Å². The van der Waals surface area contributed by atoms with Gasteiger partial charge in [0.15, 0.2) is 0 Å². The maximum absolute atomic E-state index is 3.85. The van der Waals surface area contributed by atoms with Crippen molar-refractivity contribution in [2.45, 2.75) is 66.7 Å². The second-order valence-electron chi connectivity index (χ2n) is 7.31. The van der Waals surface area contributed by atoms with Crippen LogP contribution in [0.1, 0.15) is 66.7 Å². The van der Waals surface area contributed by atoms with Crippen molar-refractivity contribution in [3.63, 3.8) is 0 Å². The van der Waals surface area contributed by atoms with Crippen molar-refractivity contribution in [3.8, 4) is 0 Å². The quantitative estimate of drug-likeness (QED) is 0.506. The minimum Gasteiger partial charge on any atom is -0.103 e. The summed E-state index contributed by atoms with van der Waals surface area (Å²) in [5.41, 5.74) is 0.845. The second-order valence-corrected chi connectivity index (χ2v) is 7.31. The molecule has 18 heavy (non-hydrogen) atoms. The Morgan fingerprint density at radius 3 is 2.56 bits per heavy atom. The van der Waals surface area contributed by atoms with E-state index in [0.717, 1.165) is 12.3 Å². The van der Waals surface area contributed by atoms with Crippen LogP contribution in [0.4, 0.5) is 0 Å². The molecule has 0 saturated carbocycles. The fourth-order valence-corrected chi connectivity index (χ4v) is 3.50. The molecule has 0 fully saturated rings. The van der Waals surface area contributed by atoms with Gasteiger partial charge in [-0.3, -0.25) is 0 Å². The molecule has 0 spiro atoms. The Morgan fingerprint density at radius 2 is 2.06 bits per heavy atom. The van der Waals surface area contributed by atoms with Crippen LogP contribution in [0.15, 0.2) is 24.8 Å². The van der Waals surface area contributed by atoms with E-state index in [1.807, 2.05) is 0 Å². The van der Waals surface area contributed by atoms with Gasteiger partial charge in [0, 0.05) is 0 Å². The van der Waals surface area contributed by atoms with Crippen molar-refractivity contribution in [1.82, 2.24) is 0 Å². The van der Waals surface area contributed by atoms with Crippen molar-refractivity contribution in [2.24, 2.45) is 22.7 Å². The van der Waals surface area contributed by atoms with Gasteiger partial charge in [0.25, 0.3) is 0 Å². The predicted octanol–water partition coefficient (Wildman–Crippen LogP) is 6.00. The normalized spacial score (nSPS) is 32.2. The highest BCUT2D eigenvalue weighted by Gasteiger charge is 2.37. The lowest BCUT2D eigenvalue weighted by molar-refractivity contribution is 0.129. The molecule has 0 heterocycles. The van der Waals surface area contributed by atoms with Gasteiger partial charge >= 0.3 is 0 Å². The van der Waals surface area contributed by atoms with Crippen LogP contribution >= 0.6 is 0 Å². The summed E-state index contributed by atoms with van der Waals surface area (Å²) in [6, 6.07) is 0. The lowest BCUT2D eigenvalue weighted by atomic mass is 9.61. The van der Waals surface area contributed by atoms with Crippen LogP contribution < -0.4 is 0 Å². The van der Waals surface area contributed by atoms with Gasteiger partial charge in [-0.05, 0) is 48.3 Å². The van der Waals surface area contributed by atoms with Crippen molar-refractivity contribution in [3.05, 3.63) is 24.8 Å². The number of allylic oxidation sites excluding steroid dienone is 3. The van der Waals surface area contributed by atoms with Gasteiger partial charge in [-0.25, -0.2) is 0 Å². The predicted molar refractivity (Wildman–Crippen MR) is 82.6 cm³/mol. The van der Waals surface area contributed by atoms with Crippen LogP contribution in [0.2, 0.25) is 0 Å². The van der Waals surface area contributed by atoms with E-state index in [-0.39, 0.29) is 0 Å². The van der Waals surface area contributed by atoms with Crippen LogP contribution in [-0.4, -0.2) is 0 Å². The third-order valence-electron chi connectivity index (χ3n) is 4.99. The lowest BCUT2D eigenvalue weighted by Crippen LogP contribution is -2.34. The summed E-state index contributed by atoms with van der Waals surface area (Å²) in [5.74, 6) is 1.56. The number of hydrogen-bond donors (Lipinski definition) is 0. The Balaban J connectivity index is 2.69. The summed E-state index contributed by atoms with van der Waals surface area (Å²) in [4.78, 5) is 0. The van der Waals surface area contributed by atoms with Gasteiger partial charge in [0.05, 0.1) is 0 Å². The van der Waals surface area contributed by atoms with Crippen LogP contribution in [0.25, 0.3) is 0 Å². The van der Waals surface area contributed by atoms with Gasteiger partial charge in [0.2, 0.25) is 0 Å². The molecule has 1 aliphatic carbocycles. The lowest BCUT2D eigenvalue weighted by Gasteiger charge is -2.44. The Hall–Kier alpha value is -0.520. The highest BCUT2D eigenvalue weighted by molar-refractivity contribution is 5.09. The first-order valence-electron chi connectivity index (χ1n) is 7.63. The molecule has 0 radical (unpaired) electrons. The van der Waals surface area contributed by atoms with Crippen molar-refractivity contribution >= 4 is 0 Å². The van der Waals surface area contributed by atoms with Crippen LogP contribution in [0.3, 0.4) is 0 Å². The zero-order valence-electron chi connectivity index (χ0n) is 13.1. The highest BCUT2D eigenvalue weighted by Crippen LogP contribution is 2.48. The minimum atomic E-state index is 0.401. The van der Waals surface area contributed by atoms with E-state index in [1.54, 1.807) is 0 Å². The Labute approximate surface area is 115 Å². The van der Waals surface area contributed by atoms with Gasteiger partial charge in [0.1, 0.15) is 0 Å². The standard InChI is InChI=1S/C18H32/c1-7-9-10-16(8-2)13-18(6)12-11-15(3)17(4,5)14-18/h7,11-12,15-16H,1,8-10,13-14H2,2-6H3. The van der Waals surface area contributed by atoms with Crippen LogP contribution in [0.5, 0.6) is 0 Å². The molecule has 104 valence electrons. The molecule has 1 rings (SSSR count). The zero-order chi connectivity index (χ0) is 13.8. The topological polar surface area (TPSA) is 0 Å².